The van der Waals surface area contributed by atoms with Crippen LogP contribution in [-0.2, 0) is 4.74 Å². The van der Waals surface area contributed by atoms with Crippen LogP contribution in [0.4, 0.5) is 13.2 Å². The molecule has 2 unspecified atom stereocenters. The molecule has 1 heterocycles. The van der Waals surface area contributed by atoms with Crippen LogP contribution in [-0.4, -0.2) is 25.7 Å². The third kappa shape index (κ3) is 5.01. The van der Waals surface area contributed by atoms with Crippen molar-refractivity contribution in [3.8, 4) is 33.8 Å². The molecular weight excluding hydrogens is 429 g/mol. The number of alkyl halides is 3. The molecule has 0 bridgehead atoms. The monoisotopic (exact) mass is 454 g/mol. The highest BCUT2D eigenvalue weighted by atomic mass is 19.4. The third-order valence-corrected chi connectivity index (χ3v) is 6.31. The van der Waals surface area contributed by atoms with Crippen LogP contribution in [0.1, 0.15) is 43.2 Å². The molecule has 3 aromatic rings. The number of benzene rings is 3. The van der Waals surface area contributed by atoms with Crippen molar-refractivity contribution in [1.29, 1.82) is 0 Å². The summed E-state index contributed by atoms with van der Waals surface area (Å²) in [5, 5.41) is 0. The smallest absolute Gasteiger partial charge is 0.494 e. The van der Waals surface area contributed by atoms with Crippen LogP contribution in [0.2, 0.25) is 0 Å². The minimum absolute atomic E-state index is 0.207. The molecule has 0 spiro atoms. The van der Waals surface area contributed by atoms with Gasteiger partial charge in [0, 0.05) is 5.92 Å². The summed E-state index contributed by atoms with van der Waals surface area (Å²) < 4.78 is 52.4. The summed E-state index contributed by atoms with van der Waals surface area (Å²) in [7, 11) is 0. The molecular formula is C27H25F3O3. The second kappa shape index (κ2) is 8.75. The van der Waals surface area contributed by atoms with Crippen LogP contribution < -0.4 is 9.47 Å². The van der Waals surface area contributed by atoms with Crippen LogP contribution in [0, 0.1) is 0 Å². The van der Waals surface area contributed by atoms with Crippen molar-refractivity contribution in [2.45, 2.75) is 44.6 Å². The molecule has 2 aliphatic rings. The number of hydrogen-bond acceptors (Lipinski definition) is 3. The summed E-state index contributed by atoms with van der Waals surface area (Å²) in [5.41, 5.74) is 6.64. The normalized spacial score (nSPS) is 18.5. The summed E-state index contributed by atoms with van der Waals surface area (Å²) in [6.07, 6.45) is -0.975. The Morgan fingerprint density at radius 3 is 2.18 bits per heavy atom. The Balaban J connectivity index is 1.29. The van der Waals surface area contributed by atoms with Gasteiger partial charge >= 0.3 is 6.36 Å². The fraction of sp³-hybridized carbons (Fsp3) is 0.333. The Hall–Kier alpha value is -2.99. The first-order chi connectivity index (χ1) is 15.9. The maximum Gasteiger partial charge on any atom is 0.573 e. The molecule has 172 valence electrons. The van der Waals surface area contributed by atoms with E-state index in [0.29, 0.717) is 12.7 Å². The molecule has 0 N–H and O–H groups in total. The highest BCUT2D eigenvalue weighted by Crippen LogP contribution is 2.47. The zero-order valence-electron chi connectivity index (χ0n) is 18.3. The van der Waals surface area contributed by atoms with Gasteiger partial charge in [0.15, 0.2) is 0 Å². The molecule has 6 heteroatoms. The van der Waals surface area contributed by atoms with E-state index < -0.39 is 6.36 Å². The van der Waals surface area contributed by atoms with E-state index in [-0.39, 0.29) is 11.7 Å². The van der Waals surface area contributed by atoms with E-state index in [2.05, 4.69) is 35.9 Å². The van der Waals surface area contributed by atoms with Crippen molar-refractivity contribution in [3.05, 3.63) is 71.8 Å². The van der Waals surface area contributed by atoms with Crippen molar-refractivity contribution < 1.29 is 27.4 Å². The third-order valence-electron chi connectivity index (χ3n) is 6.31. The van der Waals surface area contributed by atoms with Crippen molar-refractivity contribution >= 4 is 0 Å². The van der Waals surface area contributed by atoms with Gasteiger partial charge in [-0.2, -0.15) is 0 Å². The van der Waals surface area contributed by atoms with Gasteiger partial charge < -0.3 is 14.2 Å². The zero-order valence-corrected chi connectivity index (χ0v) is 18.3. The van der Waals surface area contributed by atoms with Crippen molar-refractivity contribution in [2.24, 2.45) is 0 Å². The first-order valence-corrected chi connectivity index (χ1v) is 11.3. The molecule has 1 aliphatic heterocycles. The van der Waals surface area contributed by atoms with Crippen LogP contribution >= 0.6 is 0 Å². The van der Waals surface area contributed by atoms with E-state index in [1.165, 1.54) is 34.4 Å². The molecule has 2 atom stereocenters. The van der Waals surface area contributed by atoms with E-state index in [0.717, 1.165) is 42.7 Å². The predicted octanol–water partition coefficient (Wildman–Crippen LogP) is 7.33. The van der Waals surface area contributed by atoms with Gasteiger partial charge in [-0.15, -0.1) is 13.2 Å². The highest BCUT2D eigenvalue weighted by molar-refractivity contribution is 5.82. The number of epoxide rings is 1. The number of ether oxygens (including phenoxy) is 3. The summed E-state index contributed by atoms with van der Waals surface area (Å²) in [5.74, 6) is 0.872. The van der Waals surface area contributed by atoms with Gasteiger partial charge in [0.05, 0.1) is 19.3 Å². The summed E-state index contributed by atoms with van der Waals surface area (Å²) >= 11 is 0. The van der Waals surface area contributed by atoms with Crippen molar-refractivity contribution in [2.75, 3.05) is 13.2 Å². The van der Waals surface area contributed by atoms with Crippen LogP contribution in [0.25, 0.3) is 22.3 Å². The lowest BCUT2D eigenvalue weighted by atomic mass is 9.95. The first kappa shape index (κ1) is 21.8. The van der Waals surface area contributed by atoms with Gasteiger partial charge in [-0.25, -0.2) is 0 Å². The Morgan fingerprint density at radius 2 is 1.48 bits per heavy atom. The summed E-state index contributed by atoms with van der Waals surface area (Å²) in [6.45, 7) is 3.78. The standard InChI is InChI=1S/C27H25F3O3/c1-17-25-14-19(18-5-8-20(9-6-18)33-27(28,29)30)7-11-23(25)24-12-10-21(15-26(17)24)31-13-3-2-4-22-16-32-22/h5-12,14-15,17,22H,2-4,13,16H2,1H3. The quantitative estimate of drug-likeness (QED) is 0.264. The molecule has 1 fully saturated rings. The molecule has 1 saturated heterocycles. The molecule has 33 heavy (non-hydrogen) atoms. The van der Waals surface area contributed by atoms with E-state index in [4.69, 9.17) is 9.47 Å². The number of hydrogen-bond donors (Lipinski definition) is 0. The minimum atomic E-state index is -4.69. The number of unbranched alkanes of at least 4 members (excludes halogenated alkanes) is 1. The lowest BCUT2D eigenvalue weighted by Gasteiger charge is -2.11. The summed E-state index contributed by atoms with van der Waals surface area (Å²) in [6, 6.07) is 18.5. The van der Waals surface area contributed by atoms with Gasteiger partial charge in [-0.3, -0.25) is 0 Å². The number of fused-ring (bicyclic) bond motifs is 3. The first-order valence-electron chi connectivity index (χ1n) is 11.3. The molecule has 3 nitrogen and oxygen atoms in total. The Kier molecular flexibility index (Phi) is 5.79. The lowest BCUT2D eigenvalue weighted by molar-refractivity contribution is -0.274. The van der Waals surface area contributed by atoms with E-state index >= 15 is 0 Å². The van der Waals surface area contributed by atoms with Gasteiger partial charge in [0.2, 0.25) is 0 Å². The Labute approximate surface area is 191 Å². The molecule has 0 amide bonds. The molecule has 3 aromatic carbocycles. The van der Waals surface area contributed by atoms with Crippen LogP contribution in [0.5, 0.6) is 11.5 Å². The molecule has 1 aliphatic carbocycles. The average molecular weight is 454 g/mol. The topological polar surface area (TPSA) is 31.0 Å². The maximum atomic E-state index is 12.4. The predicted molar refractivity (Wildman–Crippen MR) is 121 cm³/mol. The Bertz CT molecular complexity index is 1130. The van der Waals surface area contributed by atoms with Gasteiger partial charge in [-0.1, -0.05) is 37.3 Å². The maximum absolute atomic E-state index is 12.4. The fourth-order valence-electron chi connectivity index (χ4n) is 4.50. The molecule has 5 rings (SSSR count). The van der Waals surface area contributed by atoms with Crippen molar-refractivity contribution in [3.63, 3.8) is 0 Å². The SMILES string of the molecule is CC1c2cc(OCCCCC3CO3)ccc2-c2ccc(-c3ccc(OC(F)(F)F)cc3)cc21. The average Bonchev–Trinajstić information content (AvgIpc) is 3.57. The minimum Gasteiger partial charge on any atom is -0.494 e. The van der Waals surface area contributed by atoms with Crippen LogP contribution in [0.3, 0.4) is 0 Å². The van der Waals surface area contributed by atoms with Crippen molar-refractivity contribution in [1.82, 2.24) is 0 Å². The molecule has 0 saturated carbocycles. The number of halogens is 3. The van der Waals surface area contributed by atoms with E-state index in [1.54, 1.807) is 12.1 Å². The zero-order chi connectivity index (χ0) is 23.0. The Morgan fingerprint density at radius 1 is 0.848 bits per heavy atom. The summed E-state index contributed by atoms with van der Waals surface area (Å²) in [4.78, 5) is 0. The second-order valence-corrected chi connectivity index (χ2v) is 8.64. The lowest BCUT2D eigenvalue weighted by Crippen LogP contribution is -2.16. The molecule has 0 aromatic heterocycles. The van der Waals surface area contributed by atoms with Crippen LogP contribution in [0.15, 0.2) is 60.7 Å². The highest BCUT2D eigenvalue weighted by Gasteiger charge is 2.31. The van der Waals surface area contributed by atoms with Gasteiger partial charge in [0.25, 0.3) is 0 Å². The van der Waals surface area contributed by atoms with Gasteiger partial charge in [0.1, 0.15) is 11.5 Å². The fourth-order valence-corrected chi connectivity index (χ4v) is 4.50. The second-order valence-electron chi connectivity index (χ2n) is 8.64. The van der Waals surface area contributed by atoms with Gasteiger partial charge in [-0.05, 0) is 83.0 Å². The largest absolute Gasteiger partial charge is 0.573 e. The van der Waals surface area contributed by atoms with E-state index in [9.17, 15) is 13.2 Å². The number of rotatable bonds is 8. The van der Waals surface area contributed by atoms with E-state index in [1.807, 2.05) is 12.1 Å². The molecule has 0 radical (unpaired) electrons.